The summed E-state index contributed by atoms with van der Waals surface area (Å²) in [6.07, 6.45) is 0. The quantitative estimate of drug-likeness (QED) is 0.888. The number of rotatable bonds is 3. The van der Waals surface area contributed by atoms with Gasteiger partial charge in [0.1, 0.15) is 5.82 Å². The molecule has 0 fully saturated rings. The van der Waals surface area contributed by atoms with Crippen molar-refractivity contribution < 1.29 is 8.91 Å². The van der Waals surface area contributed by atoms with E-state index in [2.05, 4.69) is 15.5 Å². The van der Waals surface area contributed by atoms with E-state index in [0.29, 0.717) is 17.4 Å². The lowest BCUT2D eigenvalue weighted by Gasteiger charge is -2.01. The van der Waals surface area contributed by atoms with Gasteiger partial charge in [-0.15, -0.1) is 0 Å². The molecule has 0 aliphatic heterocycles. The molecule has 1 aromatic heterocycles. The molecule has 2 rings (SSSR count). The number of halogens is 1. The highest BCUT2D eigenvalue weighted by Gasteiger charge is 2.10. The Balaban J connectivity index is 2.27. The molecule has 5 heteroatoms. The first-order valence-electron chi connectivity index (χ1n) is 5.43. The summed E-state index contributed by atoms with van der Waals surface area (Å²) in [4.78, 5) is 4.18. The van der Waals surface area contributed by atoms with Crippen LogP contribution in [0.1, 0.15) is 19.4 Å². The van der Waals surface area contributed by atoms with E-state index in [1.807, 2.05) is 13.8 Å². The Hall–Kier alpha value is -1.91. The van der Waals surface area contributed by atoms with E-state index in [0.717, 1.165) is 5.56 Å². The molecule has 0 saturated heterocycles. The van der Waals surface area contributed by atoms with Crippen LogP contribution in [0.2, 0.25) is 0 Å². The third-order valence-corrected chi connectivity index (χ3v) is 2.25. The van der Waals surface area contributed by atoms with Crippen molar-refractivity contribution in [1.82, 2.24) is 10.1 Å². The van der Waals surface area contributed by atoms with Gasteiger partial charge >= 0.3 is 6.01 Å². The summed E-state index contributed by atoms with van der Waals surface area (Å²) in [5, 5.41) is 6.85. The van der Waals surface area contributed by atoms with Crippen LogP contribution in [0.5, 0.6) is 0 Å². The molecule has 0 spiro atoms. The van der Waals surface area contributed by atoms with Crippen molar-refractivity contribution in [2.75, 3.05) is 5.32 Å². The van der Waals surface area contributed by atoms with E-state index in [1.165, 1.54) is 6.07 Å². The van der Waals surface area contributed by atoms with Crippen LogP contribution in [0.4, 0.5) is 10.4 Å². The van der Waals surface area contributed by atoms with Gasteiger partial charge in [0.2, 0.25) is 5.82 Å². The highest BCUT2D eigenvalue weighted by Crippen LogP contribution is 2.20. The molecular weight excluding hydrogens is 221 g/mol. The molecule has 1 aromatic carbocycles. The zero-order valence-electron chi connectivity index (χ0n) is 9.99. The van der Waals surface area contributed by atoms with Crippen LogP contribution in [-0.4, -0.2) is 16.2 Å². The van der Waals surface area contributed by atoms with Crippen LogP contribution in [0.3, 0.4) is 0 Å². The number of benzene rings is 1. The fourth-order valence-corrected chi connectivity index (χ4v) is 1.43. The van der Waals surface area contributed by atoms with Crippen molar-refractivity contribution in [2.24, 2.45) is 0 Å². The molecule has 17 heavy (non-hydrogen) atoms. The fraction of sp³-hybridized carbons (Fsp3) is 0.333. The lowest BCUT2D eigenvalue weighted by atomic mass is 10.1. The first kappa shape index (κ1) is 11.6. The van der Waals surface area contributed by atoms with Crippen LogP contribution < -0.4 is 5.32 Å². The second-order valence-electron chi connectivity index (χ2n) is 4.19. The largest absolute Gasteiger partial charge is 0.336 e. The molecule has 1 N–H and O–H groups in total. The Morgan fingerprint density at radius 1 is 1.35 bits per heavy atom. The number of hydrogen-bond acceptors (Lipinski definition) is 4. The van der Waals surface area contributed by atoms with Crippen molar-refractivity contribution >= 4 is 6.01 Å². The summed E-state index contributed by atoms with van der Waals surface area (Å²) >= 11 is 0. The van der Waals surface area contributed by atoms with Crippen molar-refractivity contribution in [3.05, 3.63) is 29.6 Å². The predicted octanol–water partition coefficient (Wildman–Crippen LogP) is 3.00. The summed E-state index contributed by atoms with van der Waals surface area (Å²) < 4.78 is 18.1. The molecule has 0 aliphatic carbocycles. The van der Waals surface area contributed by atoms with Crippen LogP contribution in [0.15, 0.2) is 22.7 Å². The lowest BCUT2D eigenvalue weighted by molar-refractivity contribution is 0.429. The van der Waals surface area contributed by atoms with Crippen molar-refractivity contribution in [1.29, 1.82) is 0 Å². The summed E-state index contributed by atoms with van der Waals surface area (Å²) in [6, 6.07) is 5.32. The van der Waals surface area contributed by atoms with Gasteiger partial charge in [-0.1, -0.05) is 5.16 Å². The normalized spacial score (nSPS) is 10.9. The van der Waals surface area contributed by atoms with Gasteiger partial charge in [-0.25, -0.2) is 4.39 Å². The maximum atomic E-state index is 13.1. The first-order chi connectivity index (χ1) is 8.06. The van der Waals surface area contributed by atoms with Crippen molar-refractivity contribution in [3.8, 4) is 11.4 Å². The Morgan fingerprint density at radius 3 is 2.76 bits per heavy atom. The molecule has 0 atom stereocenters. The monoisotopic (exact) mass is 235 g/mol. The van der Waals surface area contributed by atoms with Gasteiger partial charge < -0.3 is 9.84 Å². The topological polar surface area (TPSA) is 51.0 Å². The Kier molecular flexibility index (Phi) is 3.08. The van der Waals surface area contributed by atoms with E-state index < -0.39 is 0 Å². The van der Waals surface area contributed by atoms with Gasteiger partial charge in [-0.2, -0.15) is 4.98 Å². The number of anilines is 1. The number of nitrogens with one attached hydrogen (secondary N) is 1. The molecule has 0 saturated carbocycles. The summed E-state index contributed by atoms with van der Waals surface area (Å²) in [6.45, 7) is 5.66. The predicted molar refractivity (Wildman–Crippen MR) is 63.2 cm³/mol. The highest BCUT2D eigenvalue weighted by molar-refractivity contribution is 5.56. The Bertz CT molecular complexity index is 522. The molecule has 4 nitrogen and oxygen atoms in total. The Labute approximate surface area is 98.8 Å². The molecule has 0 unspecified atom stereocenters. The molecule has 0 amide bonds. The third-order valence-electron chi connectivity index (χ3n) is 2.25. The average molecular weight is 235 g/mol. The Morgan fingerprint density at radius 2 is 2.12 bits per heavy atom. The fourth-order valence-electron chi connectivity index (χ4n) is 1.43. The van der Waals surface area contributed by atoms with Gasteiger partial charge in [0.15, 0.2) is 0 Å². The maximum Gasteiger partial charge on any atom is 0.321 e. The summed E-state index contributed by atoms with van der Waals surface area (Å²) in [5.74, 6) is 0.217. The lowest BCUT2D eigenvalue weighted by Crippen LogP contribution is -2.09. The minimum Gasteiger partial charge on any atom is -0.336 e. The van der Waals surface area contributed by atoms with Gasteiger partial charge in [0.05, 0.1) is 0 Å². The molecule has 90 valence electrons. The molecule has 2 aromatic rings. The second-order valence-corrected chi connectivity index (χ2v) is 4.19. The smallest absolute Gasteiger partial charge is 0.321 e. The highest BCUT2D eigenvalue weighted by atomic mass is 19.1. The van der Waals surface area contributed by atoms with E-state index in [-0.39, 0.29) is 11.9 Å². The first-order valence-corrected chi connectivity index (χ1v) is 5.43. The van der Waals surface area contributed by atoms with Gasteiger partial charge in [-0.3, -0.25) is 0 Å². The van der Waals surface area contributed by atoms with Crippen molar-refractivity contribution in [2.45, 2.75) is 26.8 Å². The second kappa shape index (κ2) is 4.53. The van der Waals surface area contributed by atoms with Gasteiger partial charge in [0, 0.05) is 11.6 Å². The van der Waals surface area contributed by atoms with E-state index in [4.69, 9.17) is 4.52 Å². The standard InChI is InChI=1S/C12H14FN3O/c1-7(2)14-12-15-11(16-17-12)9-4-5-10(13)8(3)6-9/h4-7H,1-3H3,(H,14,15,16). The SMILES string of the molecule is Cc1cc(-c2noc(NC(C)C)n2)ccc1F. The maximum absolute atomic E-state index is 13.1. The minimum absolute atomic E-state index is 0.221. The number of aromatic nitrogens is 2. The molecular formula is C12H14FN3O. The molecule has 0 bridgehead atoms. The third kappa shape index (κ3) is 2.61. The van der Waals surface area contributed by atoms with Gasteiger partial charge in [0.25, 0.3) is 0 Å². The minimum atomic E-state index is -0.238. The van der Waals surface area contributed by atoms with Crippen LogP contribution >= 0.6 is 0 Å². The van der Waals surface area contributed by atoms with Crippen LogP contribution in [0.25, 0.3) is 11.4 Å². The zero-order valence-corrected chi connectivity index (χ0v) is 9.99. The van der Waals surface area contributed by atoms with Crippen molar-refractivity contribution in [3.63, 3.8) is 0 Å². The van der Waals surface area contributed by atoms with E-state index in [1.54, 1.807) is 19.1 Å². The summed E-state index contributed by atoms with van der Waals surface area (Å²) in [7, 11) is 0. The number of hydrogen-bond donors (Lipinski definition) is 1. The molecule has 0 radical (unpaired) electrons. The molecule has 1 heterocycles. The zero-order chi connectivity index (χ0) is 12.4. The number of nitrogens with zero attached hydrogens (tertiary/aromatic N) is 2. The van der Waals surface area contributed by atoms with Gasteiger partial charge in [-0.05, 0) is 44.5 Å². The van der Waals surface area contributed by atoms with E-state index >= 15 is 0 Å². The van der Waals surface area contributed by atoms with E-state index in [9.17, 15) is 4.39 Å². The summed E-state index contributed by atoms with van der Waals surface area (Å²) in [5.41, 5.74) is 1.30. The number of aryl methyl sites for hydroxylation is 1. The molecule has 0 aliphatic rings. The van der Waals surface area contributed by atoms with Crippen LogP contribution in [0, 0.1) is 12.7 Å². The average Bonchev–Trinajstić information content (AvgIpc) is 2.69. The van der Waals surface area contributed by atoms with Crippen LogP contribution in [-0.2, 0) is 0 Å².